The van der Waals surface area contributed by atoms with E-state index < -0.39 is 17.8 Å². The number of rotatable bonds is 2. The van der Waals surface area contributed by atoms with Crippen LogP contribution in [0.15, 0.2) is 36.7 Å². The lowest BCUT2D eigenvalue weighted by molar-refractivity contribution is -0.138. The van der Waals surface area contributed by atoms with E-state index in [2.05, 4.69) is 9.97 Å². The van der Waals surface area contributed by atoms with Crippen molar-refractivity contribution in [3.05, 3.63) is 59.2 Å². The zero-order valence-corrected chi connectivity index (χ0v) is 10.1. The second kappa shape index (κ2) is 4.97. The number of hydrogen-bond donors (Lipinski definition) is 1. The van der Waals surface area contributed by atoms with Gasteiger partial charge in [0, 0.05) is 6.20 Å². The number of aryl methyl sites for hydroxylation is 1. The first-order valence-corrected chi connectivity index (χ1v) is 5.60. The minimum absolute atomic E-state index is 0.00634. The van der Waals surface area contributed by atoms with E-state index in [1.807, 2.05) is 0 Å². The molecule has 0 aliphatic carbocycles. The summed E-state index contributed by atoms with van der Waals surface area (Å²) in [6.45, 7) is 1.74. The maximum absolute atomic E-state index is 12.9. The van der Waals surface area contributed by atoms with Gasteiger partial charge in [-0.25, -0.2) is 0 Å². The SMILES string of the molecule is Cc1cnc(C(N)c2ccccc2C(F)(F)F)cn1. The molecule has 1 atom stereocenters. The second-order valence-corrected chi connectivity index (χ2v) is 4.15. The van der Waals surface area contributed by atoms with Crippen LogP contribution < -0.4 is 5.73 Å². The Hall–Kier alpha value is -1.95. The van der Waals surface area contributed by atoms with E-state index in [-0.39, 0.29) is 5.56 Å². The lowest BCUT2D eigenvalue weighted by Crippen LogP contribution is -2.19. The van der Waals surface area contributed by atoms with E-state index in [1.165, 1.54) is 30.6 Å². The summed E-state index contributed by atoms with van der Waals surface area (Å²) >= 11 is 0. The minimum atomic E-state index is -4.44. The van der Waals surface area contributed by atoms with E-state index in [1.54, 1.807) is 6.92 Å². The highest BCUT2D eigenvalue weighted by atomic mass is 19.4. The van der Waals surface area contributed by atoms with Gasteiger partial charge in [0.15, 0.2) is 0 Å². The number of nitrogens with zero attached hydrogens (tertiary/aromatic N) is 2. The molecule has 2 aromatic rings. The normalized spacial score (nSPS) is 13.3. The van der Waals surface area contributed by atoms with E-state index in [4.69, 9.17) is 5.73 Å². The molecule has 0 amide bonds. The van der Waals surface area contributed by atoms with Crippen LogP contribution in [0.25, 0.3) is 0 Å². The van der Waals surface area contributed by atoms with Gasteiger partial charge in [-0.3, -0.25) is 9.97 Å². The zero-order valence-electron chi connectivity index (χ0n) is 10.1. The molecular formula is C13H12F3N3. The summed E-state index contributed by atoms with van der Waals surface area (Å²) < 4.78 is 38.7. The summed E-state index contributed by atoms with van der Waals surface area (Å²) in [5.41, 5.74) is 6.10. The Balaban J connectivity index is 2.44. The van der Waals surface area contributed by atoms with E-state index >= 15 is 0 Å². The van der Waals surface area contributed by atoms with Crippen molar-refractivity contribution in [3.8, 4) is 0 Å². The summed E-state index contributed by atoms with van der Waals surface area (Å²) in [6.07, 6.45) is -1.56. The Morgan fingerprint density at radius 3 is 2.37 bits per heavy atom. The van der Waals surface area contributed by atoms with Crippen molar-refractivity contribution >= 4 is 0 Å². The summed E-state index contributed by atoms with van der Waals surface area (Å²) in [7, 11) is 0. The lowest BCUT2D eigenvalue weighted by atomic mass is 9.98. The van der Waals surface area contributed by atoms with Gasteiger partial charge in [-0.1, -0.05) is 18.2 Å². The average Bonchev–Trinajstić information content (AvgIpc) is 2.38. The van der Waals surface area contributed by atoms with Crippen molar-refractivity contribution in [3.63, 3.8) is 0 Å². The van der Waals surface area contributed by atoms with Crippen LogP contribution in [0, 0.1) is 6.92 Å². The average molecular weight is 267 g/mol. The summed E-state index contributed by atoms with van der Waals surface area (Å²) in [6, 6.07) is 4.27. The molecule has 0 fully saturated rings. The molecule has 19 heavy (non-hydrogen) atoms. The number of benzene rings is 1. The highest BCUT2D eigenvalue weighted by Gasteiger charge is 2.34. The Labute approximate surface area is 108 Å². The van der Waals surface area contributed by atoms with Gasteiger partial charge in [0.25, 0.3) is 0 Å². The van der Waals surface area contributed by atoms with Crippen molar-refractivity contribution in [2.75, 3.05) is 0 Å². The Morgan fingerprint density at radius 1 is 1.11 bits per heavy atom. The van der Waals surface area contributed by atoms with Gasteiger partial charge < -0.3 is 5.73 Å². The van der Waals surface area contributed by atoms with Gasteiger partial charge >= 0.3 is 6.18 Å². The van der Waals surface area contributed by atoms with E-state index in [9.17, 15) is 13.2 Å². The van der Waals surface area contributed by atoms with Crippen LogP contribution in [0.1, 0.15) is 28.6 Å². The molecule has 1 heterocycles. The Bertz CT molecular complexity index is 564. The Morgan fingerprint density at radius 2 is 1.79 bits per heavy atom. The van der Waals surface area contributed by atoms with Crippen LogP contribution in [0.2, 0.25) is 0 Å². The Kier molecular flexibility index (Phi) is 3.53. The van der Waals surface area contributed by atoms with E-state index in [0.717, 1.165) is 6.07 Å². The van der Waals surface area contributed by atoms with Crippen molar-refractivity contribution in [2.45, 2.75) is 19.1 Å². The monoisotopic (exact) mass is 267 g/mol. The quantitative estimate of drug-likeness (QED) is 0.910. The van der Waals surface area contributed by atoms with Gasteiger partial charge in [-0.05, 0) is 18.6 Å². The molecule has 0 radical (unpaired) electrons. The summed E-state index contributed by atoms with van der Waals surface area (Å²) in [5, 5.41) is 0. The molecule has 6 heteroatoms. The van der Waals surface area contributed by atoms with Crippen LogP contribution in [0.5, 0.6) is 0 Å². The van der Waals surface area contributed by atoms with Crippen LogP contribution in [0.3, 0.4) is 0 Å². The predicted octanol–water partition coefficient (Wildman–Crippen LogP) is 2.85. The van der Waals surface area contributed by atoms with Crippen molar-refractivity contribution in [1.29, 1.82) is 0 Å². The van der Waals surface area contributed by atoms with Crippen LogP contribution in [0.4, 0.5) is 13.2 Å². The third-order valence-corrected chi connectivity index (χ3v) is 2.72. The molecule has 2 rings (SSSR count). The molecule has 0 bridgehead atoms. The predicted molar refractivity (Wildman–Crippen MR) is 64.2 cm³/mol. The maximum Gasteiger partial charge on any atom is 0.416 e. The standard InChI is InChI=1S/C13H12F3N3/c1-8-6-19-11(7-18-8)12(17)9-4-2-3-5-10(9)13(14,15)16/h2-7,12H,17H2,1H3. The highest BCUT2D eigenvalue weighted by Crippen LogP contribution is 2.35. The molecule has 0 aliphatic rings. The van der Waals surface area contributed by atoms with Crippen molar-refractivity contribution in [2.24, 2.45) is 5.73 Å². The largest absolute Gasteiger partial charge is 0.416 e. The van der Waals surface area contributed by atoms with Gasteiger partial charge in [0.1, 0.15) is 0 Å². The fourth-order valence-electron chi connectivity index (χ4n) is 1.75. The third kappa shape index (κ3) is 2.90. The maximum atomic E-state index is 12.9. The second-order valence-electron chi connectivity index (χ2n) is 4.15. The van der Waals surface area contributed by atoms with Gasteiger partial charge in [0.05, 0.1) is 29.2 Å². The van der Waals surface area contributed by atoms with Crippen LogP contribution in [-0.4, -0.2) is 9.97 Å². The number of nitrogens with two attached hydrogens (primary N) is 1. The summed E-state index contributed by atoms with van der Waals surface area (Å²) in [4.78, 5) is 8.02. The molecule has 100 valence electrons. The minimum Gasteiger partial charge on any atom is -0.319 e. The molecule has 3 nitrogen and oxygen atoms in total. The first kappa shape index (κ1) is 13.5. The number of alkyl halides is 3. The first-order valence-electron chi connectivity index (χ1n) is 5.60. The third-order valence-electron chi connectivity index (χ3n) is 2.72. The number of halogens is 3. The topological polar surface area (TPSA) is 51.8 Å². The summed E-state index contributed by atoms with van der Waals surface area (Å²) in [5.74, 6) is 0. The first-order chi connectivity index (χ1) is 8.89. The lowest BCUT2D eigenvalue weighted by Gasteiger charge is -2.17. The van der Waals surface area contributed by atoms with E-state index in [0.29, 0.717) is 11.4 Å². The van der Waals surface area contributed by atoms with Crippen LogP contribution in [-0.2, 0) is 6.18 Å². The smallest absolute Gasteiger partial charge is 0.319 e. The number of aromatic nitrogens is 2. The molecule has 0 saturated heterocycles. The van der Waals surface area contributed by atoms with Crippen molar-refractivity contribution in [1.82, 2.24) is 9.97 Å². The number of hydrogen-bond acceptors (Lipinski definition) is 3. The zero-order chi connectivity index (χ0) is 14.0. The van der Waals surface area contributed by atoms with Gasteiger partial charge in [-0.2, -0.15) is 13.2 Å². The highest BCUT2D eigenvalue weighted by molar-refractivity contribution is 5.36. The fourth-order valence-corrected chi connectivity index (χ4v) is 1.75. The van der Waals surface area contributed by atoms with Gasteiger partial charge in [-0.15, -0.1) is 0 Å². The fraction of sp³-hybridized carbons (Fsp3) is 0.231. The van der Waals surface area contributed by atoms with Crippen molar-refractivity contribution < 1.29 is 13.2 Å². The molecular weight excluding hydrogens is 255 g/mol. The molecule has 1 aromatic carbocycles. The molecule has 0 spiro atoms. The molecule has 0 saturated carbocycles. The molecule has 1 aromatic heterocycles. The van der Waals surface area contributed by atoms with Crippen LogP contribution >= 0.6 is 0 Å². The van der Waals surface area contributed by atoms with Gasteiger partial charge in [0.2, 0.25) is 0 Å². The molecule has 2 N–H and O–H groups in total. The molecule has 0 aliphatic heterocycles. The molecule has 1 unspecified atom stereocenters.